The molecule has 1 aliphatic heterocycles. The standard InChI is InChI=1S/C11H21NO2S/c1-8(7-13)9(2)12-11(14)10-5-3-4-6-15-10/h8-10,13H,3-7H2,1-2H3,(H,12,14). The smallest absolute Gasteiger partial charge is 0.233 e. The van der Waals surface area contributed by atoms with Crippen molar-refractivity contribution in [3.05, 3.63) is 0 Å². The van der Waals surface area contributed by atoms with Gasteiger partial charge in [-0.05, 0) is 31.4 Å². The monoisotopic (exact) mass is 231 g/mol. The van der Waals surface area contributed by atoms with Gasteiger partial charge in [0.05, 0.1) is 5.25 Å². The van der Waals surface area contributed by atoms with Crippen LogP contribution in [-0.2, 0) is 4.79 Å². The molecule has 88 valence electrons. The van der Waals surface area contributed by atoms with Gasteiger partial charge in [-0.3, -0.25) is 4.79 Å². The van der Waals surface area contributed by atoms with Gasteiger partial charge in [0.1, 0.15) is 0 Å². The zero-order valence-electron chi connectivity index (χ0n) is 9.53. The van der Waals surface area contributed by atoms with Gasteiger partial charge >= 0.3 is 0 Å². The second-order valence-corrected chi connectivity index (χ2v) is 5.62. The first-order valence-electron chi connectivity index (χ1n) is 5.68. The van der Waals surface area contributed by atoms with Gasteiger partial charge in [-0.1, -0.05) is 13.3 Å². The van der Waals surface area contributed by atoms with E-state index in [4.69, 9.17) is 5.11 Å². The maximum Gasteiger partial charge on any atom is 0.233 e. The number of rotatable bonds is 4. The van der Waals surface area contributed by atoms with E-state index in [-0.39, 0.29) is 29.7 Å². The van der Waals surface area contributed by atoms with E-state index in [2.05, 4.69) is 5.32 Å². The van der Waals surface area contributed by atoms with Crippen LogP contribution in [0.2, 0.25) is 0 Å². The molecule has 3 unspecified atom stereocenters. The number of thioether (sulfide) groups is 1. The molecule has 0 aromatic heterocycles. The molecule has 0 bridgehead atoms. The summed E-state index contributed by atoms with van der Waals surface area (Å²) in [5, 5.41) is 12.1. The fourth-order valence-electron chi connectivity index (χ4n) is 1.57. The van der Waals surface area contributed by atoms with E-state index in [1.54, 1.807) is 11.8 Å². The Balaban J connectivity index is 2.33. The maximum absolute atomic E-state index is 11.8. The molecule has 3 nitrogen and oxygen atoms in total. The van der Waals surface area contributed by atoms with E-state index in [1.807, 2.05) is 13.8 Å². The van der Waals surface area contributed by atoms with Gasteiger partial charge in [-0.15, -0.1) is 11.8 Å². The van der Waals surface area contributed by atoms with Crippen molar-refractivity contribution in [1.82, 2.24) is 5.32 Å². The summed E-state index contributed by atoms with van der Waals surface area (Å²) < 4.78 is 0. The van der Waals surface area contributed by atoms with Crippen LogP contribution in [0.3, 0.4) is 0 Å². The van der Waals surface area contributed by atoms with Gasteiger partial charge in [-0.2, -0.15) is 0 Å². The summed E-state index contributed by atoms with van der Waals surface area (Å²) in [5.41, 5.74) is 0. The van der Waals surface area contributed by atoms with Crippen molar-refractivity contribution in [3.8, 4) is 0 Å². The highest BCUT2D eigenvalue weighted by Crippen LogP contribution is 2.25. The molecule has 2 N–H and O–H groups in total. The molecular formula is C11H21NO2S. The number of hydrogen-bond donors (Lipinski definition) is 2. The highest BCUT2D eigenvalue weighted by atomic mass is 32.2. The first-order valence-corrected chi connectivity index (χ1v) is 6.73. The lowest BCUT2D eigenvalue weighted by Gasteiger charge is -2.25. The molecule has 0 spiro atoms. The van der Waals surface area contributed by atoms with Crippen LogP contribution in [0.1, 0.15) is 33.1 Å². The zero-order valence-corrected chi connectivity index (χ0v) is 10.3. The minimum atomic E-state index is 0.0602. The summed E-state index contributed by atoms with van der Waals surface area (Å²) in [6, 6.07) is 0.0602. The van der Waals surface area contributed by atoms with Crippen LogP contribution >= 0.6 is 11.8 Å². The van der Waals surface area contributed by atoms with Crippen molar-refractivity contribution in [2.24, 2.45) is 5.92 Å². The number of carbonyl (C=O) groups excluding carboxylic acids is 1. The van der Waals surface area contributed by atoms with Gasteiger partial charge in [0.15, 0.2) is 0 Å². The Morgan fingerprint density at radius 2 is 2.27 bits per heavy atom. The molecule has 0 aliphatic carbocycles. The Kier molecular flexibility index (Phi) is 5.47. The van der Waals surface area contributed by atoms with Crippen LogP contribution in [0.15, 0.2) is 0 Å². The molecule has 1 amide bonds. The molecule has 1 saturated heterocycles. The average molecular weight is 231 g/mol. The van der Waals surface area contributed by atoms with Crippen LogP contribution in [0.5, 0.6) is 0 Å². The predicted molar refractivity (Wildman–Crippen MR) is 64.0 cm³/mol. The van der Waals surface area contributed by atoms with Crippen molar-refractivity contribution < 1.29 is 9.90 Å². The van der Waals surface area contributed by atoms with Gasteiger partial charge in [0, 0.05) is 12.6 Å². The van der Waals surface area contributed by atoms with Crippen LogP contribution in [-0.4, -0.2) is 34.7 Å². The highest BCUT2D eigenvalue weighted by Gasteiger charge is 2.23. The SMILES string of the molecule is CC(CO)C(C)NC(=O)C1CCCCS1. The van der Waals surface area contributed by atoms with Crippen molar-refractivity contribution in [2.75, 3.05) is 12.4 Å². The summed E-state index contributed by atoms with van der Waals surface area (Å²) >= 11 is 1.76. The van der Waals surface area contributed by atoms with Crippen molar-refractivity contribution in [3.63, 3.8) is 0 Å². The van der Waals surface area contributed by atoms with Gasteiger partial charge in [0.2, 0.25) is 5.91 Å². The third-order valence-electron chi connectivity index (χ3n) is 2.98. The highest BCUT2D eigenvalue weighted by molar-refractivity contribution is 8.00. The van der Waals surface area contributed by atoms with E-state index in [9.17, 15) is 4.79 Å². The summed E-state index contributed by atoms with van der Waals surface area (Å²) in [7, 11) is 0. The molecule has 1 rings (SSSR count). The minimum absolute atomic E-state index is 0.0602. The number of amides is 1. The number of aliphatic hydroxyl groups is 1. The molecule has 0 saturated carbocycles. The first-order chi connectivity index (χ1) is 7.15. The second kappa shape index (κ2) is 6.38. The lowest BCUT2D eigenvalue weighted by Crippen LogP contribution is -2.43. The van der Waals surface area contributed by atoms with Gasteiger partial charge < -0.3 is 10.4 Å². The minimum Gasteiger partial charge on any atom is -0.396 e. The Hall–Kier alpha value is -0.220. The lowest BCUT2D eigenvalue weighted by molar-refractivity contribution is -0.121. The molecule has 4 heteroatoms. The Morgan fingerprint density at radius 1 is 1.53 bits per heavy atom. The van der Waals surface area contributed by atoms with E-state index in [0.29, 0.717) is 0 Å². The molecule has 0 aromatic rings. The molecule has 1 heterocycles. The molecule has 1 fully saturated rings. The van der Waals surface area contributed by atoms with Crippen molar-refractivity contribution >= 4 is 17.7 Å². The van der Waals surface area contributed by atoms with Crippen LogP contribution < -0.4 is 5.32 Å². The Labute approximate surface area is 96.0 Å². The molecular weight excluding hydrogens is 210 g/mol. The van der Waals surface area contributed by atoms with E-state index < -0.39 is 0 Å². The second-order valence-electron chi connectivity index (χ2n) is 4.31. The van der Waals surface area contributed by atoms with Gasteiger partial charge in [0.25, 0.3) is 0 Å². The molecule has 0 radical (unpaired) electrons. The lowest BCUT2D eigenvalue weighted by atomic mass is 10.0. The zero-order chi connectivity index (χ0) is 11.3. The topological polar surface area (TPSA) is 49.3 Å². The quantitative estimate of drug-likeness (QED) is 0.769. The van der Waals surface area contributed by atoms with Crippen molar-refractivity contribution in [1.29, 1.82) is 0 Å². The summed E-state index contributed by atoms with van der Waals surface area (Å²) in [5.74, 6) is 1.37. The van der Waals surface area contributed by atoms with Crippen LogP contribution in [0.25, 0.3) is 0 Å². The Morgan fingerprint density at radius 3 is 2.80 bits per heavy atom. The van der Waals surface area contributed by atoms with E-state index >= 15 is 0 Å². The summed E-state index contributed by atoms with van der Waals surface area (Å²) in [4.78, 5) is 11.8. The largest absolute Gasteiger partial charge is 0.396 e. The summed E-state index contributed by atoms with van der Waals surface area (Å²) in [6.45, 7) is 4.02. The normalized spacial score (nSPS) is 25.7. The van der Waals surface area contributed by atoms with Crippen LogP contribution in [0, 0.1) is 5.92 Å². The third kappa shape index (κ3) is 4.03. The number of hydrogen-bond acceptors (Lipinski definition) is 3. The number of nitrogens with one attached hydrogen (secondary N) is 1. The number of aliphatic hydroxyl groups excluding tert-OH is 1. The van der Waals surface area contributed by atoms with E-state index in [1.165, 1.54) is 6.42 Å². The van der Waals surface area contributed by atoms with Crippen LogP contribution in [0.4, 0.5) is 0 Å². The third-order valence-corrected chi connectivity index (χ3v) is 4.36. The fourth-order valence-corrected chi connectivity index (χ4v) is 2.77. The van der Waals surface area contributed by atoms with Gasteiger partial charge in [-0.25, -0.2) is 0 Å². The first kappa shape index (κ1) is 12.8. The maximum atomic E-state index is 11.8. The molecule has 3 atom stereocenters. The molecule has 1 aliphatic rings. The number of carbonyl (C=O) groups is 1. The van der Waals surface area contributed by atoms with Crippen molar-refractivity contribution in [2.45, 2.75) is 44.4 Å². The Bertz CT molecular complexity index is 205. The summed E-state index contributed by atoms with van der Waals surface area (Å²) in [6.07, 6.45) is 3.39. The molecule has 15 heavy (non-hydrogen) atoms. The fraction of sp³-hybridized carbons (Fsp3) is 0.909. The average Bonchev–Trinajstić information content (AvgIpc) is 2.29. The predicted octanol–water partition coefficient (Wildman–Crippen LogP) is 1.41. The van der Waals surface area contributed by atoms with E-state index in [0.717, 1.165) is 18.6 Å². The molecule has 0 aromatic carbocycles.